The maximum atomic E-state index is 11.6. The highest BCUT2D eigenvalue weighted by molar-refractivity contribution is 6.74. The Morgan fingerprint density at radius 1 is 1.11 bits per heavy atom. The molecule has 0 amide bonds. The molecule has 5 heteroatoms. The summed E-state index contributed by atoms with van der Waals surface area (Å²) in [5.74, 6) is 1.49. The van der Waals surface area contributed by atoms with Crippen molar-refractivity contribution in [1.82, 2.24) is 0 Å². The highest BCUT2D eigenvalue weighted by Gasteiger charge is 2.40. The molecule has 0 radical (unpaired) electrons. The predicted octanol–water partition coefficient (Wildman–Crippen LogP) is 7.23. The molecular formula is C22H39NO3Si. The molecule has 2 atom stereocenters. The Kier molecular flexibility index (Phi) is 7.31. The first kappa shape index (κ1) is 23.7. The Bertz CT molecular complexity index is 657. The number of nitro benzene ring substituents is 1. The highest BCUT2D eigenvalue weighted by atomic mass is 28.4. The Morgan fingerprint density at radius 2 is 1.67 bits per heavy atom. The summed E-state index contributed by atoms with van der Waals surface area (Å²) in [6.45, 7) is 21.9. The lowest BCUT2D eigenvalue weighted by atomic mass is 9.76. The second-order valence-electron chi connectivity index (χ2n) is 10.7. The molecule has 0 N–H and O–H groups in total. The van der Waals surface area contributed by atoms with Gasteiger partial charge in [-0.3, -0.25) is 10.1 Å². The molecule has 0 heterocycles. The van der Waals surface area contributed by atoms with Crippen LogP contribution in [0.15, 0.2) is 18.2 Å². The zero-order valence-corrected chi connectivity index (χ0v) is 20.0. The molecule has 0 spiro atoms. The largest absolute Gasteiger partial charge is 0.539 e. The van der Waals surface area contributed by atoms with Gasteiger partial charge in [-0.2, -0.15) is 0 Å². The van der Waals surface area contributed by atoms with Crippen molar-refractivity contribution in [3.63, 3.8) is 0 Å². The molecule has 27 heavy (non-hydrogen) atoms. The van der Waals surface area contributed by atoms with Gasteiger partial charge < -0.3 is 4.43 Å². The summed E-state index contributed by atoms with van der Waals surface area (Å²) in [7, 11) is -2.12. The molecule has 0 saturated carbocycles. The lowest BCUT2D eigenvalue weighted by Gasteiger charge is -2.36. The number of benzene rings is 1. The first-order chi connectivity index (χ1) is 12.0. The number of hydrogen-bond donors (Lipinski definition) is 0. The van der Waals surface area contributed by atoms with Crippen LogP contribution in [0.2, 0.25) is 18.1 Å². The van der Waals surface area contributed by atoms with E-state index in [1.165, 1.54) is 0 Å². The Labute approximate surface area is 167 Å². The standard InChI is InChI=1S/C22H39NO3Si/c1-16(13-17(2)21(3,4)5)14-18-11-12-20(19(15-18)23(24)25)26-27(9,10)22(6,7)8/h11-12,15-17H,13-14H2,1-10H3/t16-,17?/m1/s1. The van der Waals surface area contributed by atoms with E-state index in [0.717, 1.165) is 18.4 Å². The van der Waals surface area contributed by atoms with E-state index in [2.05, 4.69) is 68.5 Å². The molecule has 0 aliphatic heterocycles. The molecule has 154 valence electrons. The zero-order valence-electron chi connectivity index (χ0n) is 19.0. The van der Waals surface area contributed by atoms with Gasteiger partial charge in [-0.15, -0.1) is 0 Å². The quantitative estimate of drug-likeness (QED) is 0.279. The summed E-state index contributed by atoms with van der Waals surface area (Å²) in [4.78, 5) is 11.3. The predicted molar refractivity (Wildman–Crippen MR) is 117 cm³/mol. The minimum atomic E-state index is -2.12. The fraction of sp³-hybridized carbons (Fsp3) is 0.727. The Hall–Kier alpha value is -1.36. The van der Waals surface area contributed by atoms with Crippen LogP contribution < -0.4 is 4.43 Å². The van der Waals surface area contributed by atoms with Crippen molar-refractivity contribution in [2.45, 2.75) is 86.4 Å². The smallest absolute Gasteiger partial charge is 0.309 e. The van der Waals surface area contributed by atoms with Crippen LogP contribution in [0, 0.1) is 27.4 Å². The molecule has 0 aromatic heterocycles. The van der Waals surface area contributed by atoms with Gasteiger partial charge >= 0.3 is 5.69 Å². The van der Waals surface area contributed by atoms with E-state index in [0.29, 0.717) is 17.6 Å². The van der Waals surface area contributed by atoms with Crippen LogP contribution in [0.3, 0.4) is 0 Å². The minimum absolute atomic E-state index is 0.00283. The topological polar surface area (TPSA) is 52.4 Å². The van der Waals surface area contributed by atoms with E-state index >= 15 is 0 Å². The first-order valence-electron chi connectivity index (χ1n) is 10.0. The van der Waals surface area contributed by atoms with Gasteiger partial charge in [0.15, 0.2) is 5.75 Å². The van der Waals surface area contributed by atoms with Crippen molar-refractivity contribution in [2.75, 3.05) is 0 Å². The van der Waals surface area contributed by atoms with Gasteiger partial charge in [-0.1, -0.05) is 61.5 Å². The van der Waals surface area contributed by atoms with Gasteiger partial charge in [0.05, 0.1) is 4.92 Å². The summed E-state index contributed by atoms with van der Waals surface area (Å²) >= 11 is 0. The summed E-state index contributed by atoms with van der Waals surface area (Å²) in [5.41, 5.74) is 1.38. The summed E-state index contributed by atoms with van der Waals surface area (Å²) in [6, 6.07) is 5.50. The van der Waals surface area contributed by atoms with Gasteiger partial charge in [-0.05, 0) is 59.9 Å². The molecule has 4 nitrogen and oxygen atoms in total. The fourth-order valence-corrected chi connectivity index (χ4v) is 3.82. The van der Waals surface area contributed by atoms with Crippen molar-refractivity contribution >= 4 is 14.0 Å². The average molecular weight is 394 g/mol. The Balaban J connectivity index is 3.01. The minimum Gasteiger partial charge on any atom is -0.539 e. The van der Waals surface area contributed by atoms with Crippen molar-refractivity contribution in [2.24, 2.45) is 17.3 Å². The molecule has 0 fully saturated rings. The molecule has 0 aliphatic carbocycles. The van der Waals surface area contributed by atoms with E-state index in [1.54, 1.807) is 12.1 Å². The van der Waals surface area contributed by atoms with Crippen LogP contribution in [0.25, 0.3) is 0 Å². The van der Waals surface area contributed by atoms with E-state index in [9.17, 15) is 10.1 Å². The number of nitrogens with zero attached hydrogens (tertiary/aromatic N) is 1. The van der Waals surface area contributed by atoms with Gasteiger partial charge in [0.2, 0.25) is 0 Å². The summed E-state index contributed by atoms with van der Waals surface area (Å²) in [5, 5.41) is 11.6. The zero-order chi connectivity index (χ0) is 21.2. The SMILES string of the molecule is CC(C[C@@H](C)Cc1ccc(O[Si](C)(C)C(C)(C)C)c([N+](=O)[O-])c1)C(C)(C)C. The highest BCUT2D eigenvalue weighted by Crippen LogP contribution is 2.40. The monoisotopic (exact) mass is 393 g/mol. The molecule has 0 bridgehead atoms. The average Bonchev–Trinajstić information content (AvgIpc) is 2.45. The number of rotatable bonds is 7. The van der Waals surface area contributed by atoms with Gasteiger partial charge in [0, 0.05) is 6.07 Å². The third-order valence-corrected chi connectivity index (χ3v) is 10.6. The maximum absolute atomic E-state index is 11.6. The van der Waals surface area contributed by atoms with Gasteiger partial charge in [-0.25, -0.2) is 0 Å². The normalized spacial score (nSPS) is 15.3. The van der Waals surface area contributed by atoms with Crippen LogP contribution in [-0.4, -0.2) is 13.2 Å². The second kappa shape index (κ2) is 8.34. The maximum Gasteiger partial charge on any atom is 0.309 e. The molecule has 1 rings (SSSR count). The number of nitro groups is 1. The Morgan fingerprint density at radius 3 is 2.11 bits per heavy atom. The molecule has 0 saturated heterocycles. The van der Waals surface area contributed by atoms with E-state index in [1.807, 2.05) is 6.07 Å². The van der Waals surface area contributed by atoms with Crippen LogP contribution in [0.1, 0.15) is 67.4 Å². The van der Waals surface area contributed by atoms with Crippen molar-refractivity contribution in [1.29, 1.82) is 0 Å². The van der Waals surface area contributed by atoms with Gasteiger partial charge in [0.25, 0.3) is 8.32 Å². The second-order valence-corrected chi connectivity index (χ2v) is 15.5. The lowest BCUT2D eigenvalue weighted by Crippen LogP contribution is -2.44. The van der Waals surface area contributed by atoms with E-state index in [4.69, 9.17) is 4.43 Å². The first-order valence-corrected chi connectivity index (χ1v) is 12.9. The van der Waals surface area contributed by atoms with Crippen LogP contribution in [0.4, 0.5) is 5.69 Å². The molecule has 0 aliphatic rings. The van der Waals surface area contributed by atoms with Crippen LogP contribution >= 0.6 is 0 Å². The molecule has 1 unspecified atom stereocenters. The molecule has 1 aromatic rings. The number of hydrogen-bond acceptors (Lipinski definition) is 3. The lowest BCUT2D eigenvalue weighted by molar-refractivity contribution is -0.385. The fourth-order valence-electron chi connectivity index (χ4n) is 2.79. The molecule has 1 aromatic carbocycles. The third kappa shape index (κ3) is 6.63. The van der Waals surface area contributed by atoms with Crippen LogP contribution in [0.5, 0.6) is 5.75 Å². The summed E-state index contributed by atoms with van der Waals surface area (Å²) in [6.07, 6.45) is 1.96. The van der Waals surface area contributed by atoms with Crippen molar-refractivity contribution in [3.8, 4) is 5.75 Å². The summed E-state index contributed by atoms with van der Waals surface area (Å²) < 4.78 is 6.23. The third-order valence-electron chi connectivity index (χ3n) is 6.21. The van der Waals surface area contributed by atoms with E-state index in [-0.39, 0.29) is 21.1 Å². The van der Waals surface area contributed by atoms with Gasteiger partial charge in [0.1, 0.15) is 0 Å². The van der Waals surface area contributed by atoms with Crippen molar-refractivity contribution < 1.29 is 9.35 Å². The van der Waals surface area contributed by atoms with E-state index < -0.39 is 8.32 Å². The van der Waals surface area contributed by atoms with Crippen molar-refractivity contribution in [3.05, 3.63) is 33.9 Å². The van der Waals surface area contributed by atoms with Crippen LogP contribution in [-0.2, 0) is 6.42 Å². The molecular weight excluding hydrogens is 354 g/mol.